The molecule has 0 fully saturated rings. The second-order valence-electron chi connectivity index (χ2n) is 4.33. The second kappa shape index (κ2) is 6.15. The predicted octanol–water partition coefficient (Wildman–Crippen LogP) is 1.61. The van der Waals surface area contributed by atoms with Gasteiger partial charge < -0.3 is 10.4 Å². The quantitative estimate of drug-likeness (QED) is 0.827. The van der Waals surface area contributed by atoms with Crippen molar-refractivity contribution < 1.29 is 9.90 Å². The summed E-state index contributed by atoms with van der Waals surface area (Å²) in [7, 11) is 1.65. The Morgan fingerprint density at radius 3 is 2.74 bits per heavy atom. The molecule has 5 heteroatoms. The van der Waals surface area contributed by atoms with Crippen LogP contribution in [0, 0.1) is 0 Å². The Kier molecular flexibility index (Phi) is 4.30. The van der Waals surface area contributed by atoms with Gasteiger partial charge in [0.2, 0.25) is 0 Å². The van der Waals surface area contributed by atoms with Gasteiger partial charge in [0.25, 0.3) is 0 Å². The smallest absolute Gasteiger partial charge is 0.320 e. The van der Waals surface area contributed by atoms with Gasteiger partial charge in [0.05, 0.1) is 6.20 Å². The lowest BCUT2D eigenvalue weighted by atomic mass is 10.1. The van der Waals surface area contributed by atoms with Crippen molar-refractivity contribution in [3.05, 3.63) is 42.7 Å². The molecular formula is C14H17N3O2. The van der Waals surface area contributed by atoms with Gasteiger partial charge in [-0.3, -0.25) is 9.48 Å². The van der Waals surface area contributed by atoms with E-state index in [0.717, 1.165) is 11.1 Å². The average molecular weight is 259 g/mol. The van der Waals surface area contributed by atoms with E-state index in [0.29, 0.717) is 13.0 Å². The number of rotatable bonds is 6. The molecule has 1 atom stereocenters. The maximum atomic E-state index is 10.9. The van der Waals surface area contributed by atoms with Crippen molar-refractivity contribution >= 4 is 5.97 Å². The van der Waals surface area contributed by atoms with Gasteiger partial charge in [0, 0.05) is 18.3 Å². The van der Waals surface area contributed by atoms with E-state index in [-0.39, 0.29) is 0 Å². The van der Waals surface area contributed by atoms with Crippen LogP contribution in [-0.4, -0.2) is 33.9 Å². The molecule has 0 aliphatic heterocycles. The number of aliphatic carboxylic acids is 1. The first-order chi connectivity index (χ1) is 9.20. The van der Waals surface area contributed by atoms with Gasteiger partial charge in [0.1, 0.15) is 6.04 Å². The van der Waals surface area contributed by atoms with Crippen LogP contribution in [0.1, 0.15) is 6.42 Å². The molecular weight excluding hydrogens is 242 g/mol. The van der Waals surface area contributed by atoms with Crippen molar-refractivity contribution in [3.63, 3.8) is 0 Å². The summed E-state index contributed by atoms with van der Waals surface area (Å²) in [5.41, 5.74) is 2.15. The van der Waals surface area contributed by atoms with Crippen molar-refractivity contribution in [2.75, 3.05) is 7.05 Å². The van der Waals surface area contributed by atoms with Crippen molar-refractivity contribution in [3.8, 4) is 11.1 Å². The molecule has 0 saturated carbocycles. The Balaban J connectivity index is 2.00. The fourth-order valence-corrected chi connectivity index (χ4v) is 1.92. The van der Waals surface area contributed by atoms with Crippen LogP contribution in [-0.2, 0) is 11.3 Å². The topological polar surface area (TPSA) is 67.2 Å². The van der Waals surface area contributed by atoms with E-state index in [1.54, 1.807) is 17.9 Å². The Hall–Kier alpha value is -2.14. The summed E-state index contributed by atoms with van der Waals surface area (Å²) < 4.78 is 1.77. The minimum absolute atomic E-state index is 0.502. The first-order valence-electron chi connectivity index (χ1n) is 6.18. The molecule has 19 heavy (non-hydrogen) atoms. The third-order valence-corrected chi connectivity index (χ3v) is 3.03. The van der Waals surface area contributed by atoms with Gasteiger partial charge >= 0.3 is 5.97 Å². The summed E-state index contributed by atoms with van der Waals surface area (Å²) in [6.07, 6.45) is 4.23. The lowest BCUT2D eigenvalue weighted by Gasteiger charge is -2.10. The maximum Gasteiger partial charge on any atom is 0.320 e. The highest BCUT2D eigenvalue weighted by Gasteiger charge is 2.14. The molecule has 1 aromatic heterocycles. The number of aromatic nitrogens is 2. The van der Waals surface area contributed by atoms with Crippen molar-refractivity contribution in [2.24, 2.45) is 0 Å². The number of likely N-dealkylation sites (N-methyl/N-ethyl adjacent to an activating group) is 1. The van der Waals surface area contributed by atoms with Crippen LogP contribution in [0.2, 0.25) is 0 Å². The number of nitrogens with zero attached hydrogens (tertiary/aromatic N) is 2. The zero-order valence-electron chi connectivity index (χ0n) is 10.8. The summed E-state index contributed by atoms with van der Waals surface area (Å²) in [6, 6.07) is 9.44. The summed E-state index contributed by atoms with van der Waals surface area (Å²) in [4.78, 5) is 10.9. The van der Waals surface area contributed by atoms with E-state index in [2.05, 4.69) is 10.4 Å². The normalized spacial score (nSPS) is 12.3. The number of hydrogen-bond donors (Lipinski definition) is 2. The van der Waals surface area contributed by atoms with Crippen molar-refractivity contribution in [1.29, 1.82) is 0 Å². The minimum Gasteiger partial charge on any atom is -0.480 e. The largest absolute Gasteiger partial charge is 0.480 e. The first kappa shape index (κ1) is 13.3. The Morgan fingerprint density at radius 1 is 1.37 bits per heavy atom. The fourth-order valence-electron chi connectivity index (χ4n) is 1.92. The lowest BCUT2D eigenvalue weighted by molar-refractivity contribution is -0.139. The van der Waals surface area contributed by atoms with E-state index in [1.807, 2.05) is 36.5 Å². The highest BCUT2D eigenvalue weighted by atomic mass is 16.4. The van der Waals surface area contributed by atoms with Crippen LogP contribution in [0.25, 0.3) is 11.1 Å². The molecule has 2 N–H and O–H groups in total. The highest BCUT2D eigenvalue weighted by molar-refractivity contribution is 5.73. The number of carboxylic acids is 1. The van der Waals surface area contributed by atoms with Gasteiger partial charge in [-0.1, -0.05) is 30.3 Å². The monoisotopic (exact) mass is 259 g/mol. The van der Waals surface area contributed by atoms with Crippen LogP contribution >= 0.6 is 0 Å². The Morgan fingerprint density at radius 2 is 2.11 bits per heavy atom. The number of aryl methyl sites for hydroxylation is 1. The molecule has 2 rings (SSSR count). The van der Waals surface area contributed by atoms with E-state index >= 15 is 0 Å². The van der Waals surface area contributed by atoms with E-state index in [4.69, 9.17) is 5.11 Å². The Bertz CT molecular complexity index is 537. The van der Waals surface area contributed by atoms with Crippen LogP contribution in [0.5, 0.6) is 0 Å². The van der Waals surface area contributed by atoms with Gasteiger partial charge in [-0.25, -0.2) is 0 Å². The van der Waals surface area contributed by atoms with Gasteiger partial charge in [-0.2, -0.15) is 5.10 Å². The number of hydrogen-bond acceptors (Lipinski definition) is 3. The van der Waals surface area contributed by atoms with Gasteiger partial charge in [-0.05, 0) is 19.0 Å². The second-order valence-corrected chi connectivity index (χ2v) is 4.33. The number of benzene rings is 1. The maximum absolute atomic E-state index is 10.9. The zero-order chi connectivity index (χ0) is 13.7. The van der Waals surface area contributed by atoms with Gasteiger partial charge in [-0.15, -0.1) is 0 Å². The van der Waals surface area contributed by atoms with Crippen LogP contribution in [0.15, 0.2) is 42.7 Å². The first-order valence-corrected chi connectivity index (χ1v) is 6.18. The summed E-state index contributed by atoms with van der Waals surface area (Å²) in [6.45, 7) is 0.574. The predicted molar refractivity (Wildman–Crippen MR) is 72.8 cm³/mol. The molecule has 100 valence electrons. The molecule has 5 nitrogen and oxygen atoms in total. The zero-order valence-corrected chi connectivity index (χ0v) is 10.8. The number of carboxylic acid groups (broad SMARTS) is 1. The molecule has 0 amide bonds. The van der Waals surface area contributed by atoms with E-state index < -0.39 is 12.0 Å². The number of carbonyl (C=O) groups is 1. The third-order valence-electron chi connectivity index (χ3n) is 3.03. The standard InChI is InChI=1S/C14H17N3O2/c1-15-13(14(18)19)7-8-17-10-12(9-16-17)11-5-3-2-4-6-11/h2-6,9-10,13,15H,7-8H2,1H3,(H,18,19). The molecule has 0 aliphatic rings. The van der Waals surface area contributed by atoms with E-state index in [1.165, 1.54) is 0 Å². The van der Waals surface area contributed by atoms with Gasteiger partial charge in [0.15, 0.2) is 0 Å². The lowest BCUT2D eigenvalue weighted by Crippen LogP contribution is -2.34. The van der Waals surface area contributed by atoms with Crippen LogP contribution < -0.4 is 5.32 Å². The molecule has 0 bridgehead atoms. The molecule has 2 aromatic rings. The molecule has 1 unspecified atom stereocenters. The molecule has 0 spiro atoms. The van der Waals surface area contributed by atoms with Crippen molar-refractivity contribution in [2.45, 2.75) is 19.0 Å². The van der Waals surface area contributed by atoms with E-state index in [9.17, 15) is 4.79 Å². The SMILES string of the molecule is CNC(CCn1cc(-c2ccccc2)cn1)C(=O)O. The molecule has 0 aliphatic carbocycles. The number of nitrogens with one attached hydrogen (secondary N) is 1. The molecule has 1 heterocycles. The Labute approximate surface area is 111 Å². The molecule has 1 aromatic carbocycles. The summed E-state index contributed by atoms with van der Waals surface area (Å²) in [5, 5.41) is 16.0. The molecule has 0 saturated heterocycles. The highest BCUT2D eigenvalue weighted by Crippen LogP contribution is 2.17. The average Bonchev–Trinajstić information content (AvgIpc) is 2.89. The minimum atomic E-state index is -0.835. The summed E-state index contributed by atoms with van der Waals surface area (Å²) >= 11 is 0. The van der Waals surface area contributed by atoms with Crippen molar-refractivity contribution in [1.82, 2.24) is 15.1 Å². The molecule has 0 radical (unpaired) electrons. The van der Waals surface area contributed by atoms with Crippen LogP contribution in [0.4, 0.5) is 0 Å². The summed E-state index contributed by atoms with van der Waals surface area (Å²) in [5.74, 6) is -0.835. The third kappa shape index (κ3) is 3.42. The van der Waals surface area contributed by atoms with Crippen LogP contribution in [0.3, 0.4) is 0 Å². The fraction of sp³-hybridized carbons (Fsp3) is 0.286.